The second-order valence-corrected chi connectivity index (χ2v) is 4.90. The number of ether oxygens (including phenoxy) is 2. The van der Waals surface area contributed by atoms with Crippen molar-refractivity contribution < 1.29 is 23.8 Å². The Kier molecular flexibility index (Phi) is 5.54. The van der Waals surface area contributed by atoms with Crippen molar-refractivity contribution in [2.24, 2.45) is 0 Å². The lowest BCUT2D eigenvalue weighted by molar-refractivity contribution is -0.122. The van der Waals surface area contributed by atoms with Gasteiger partial charge in [-0.25, -0.2) is 4.39 Å². The first-order valence-corrected chi connectivity index (χ1v) is 7.04. The number of rotatable bonds is 6. The summed E-state index contributed by atoms with van der Waals surface area (Å²) in [5.74, 6) is 0.0790. The summed E-state index contributed by atoms with van der Waals surface area (Å²) in [6.07, 6.45) is -0.783. The van der Waals surface area contributed by atoms with Gasteiger partial charge in [0.15, 0.2) is 17.6 Å². The molecule has 0 aromatic heterocycles. The Morgan fingerprint density at radius 1 is 1.22 bits per heavy atom. The van der Waals surface area contributed by atoms with E-state index in [4.69, 9.17) is 14.6 Å². The van der Waals surface area contributed by atoms with Crippen molar-refractivity contribution in [1.29, 1.82) is 0 Å². The molecular formula is C17H18FNO4. The van der Waals surface area contributed by atoms with Gasteiger partial charge >= 0.3 is 0 Å². The van der Waals surface area contributed by atoms with E-state index in [1.165, 1.54) is 31.4 Å². The molecule has 2 aromatic carbocycles. The van der Waals surface area contributed by atoms with E-state index >= 15 is 0 Å². The minimum absolute atomic E-state index is 0.114. The first kappa shape index (κ1) is 16.8. The van der Waals surface area contributed by atoms with Crippen LogP contribution >= 0.6 is 0 Å². The number of nitrogens with one attached hydrogen (secondary N) is 1. The van der Waals surface area contributed by atoms with E-state index in [1.807, 2.05) is 0 Å². The normalized spacial score (nSPS) is 11.7. The van der Waals surface area contributed by atoms with Crippen LogP contribution in [0.2, 0.25) is 0 Å². The maximum Gasteiger partial charge on any atom is 0.265 e. The summed E-state index contributed by atoms with van der Waals surface area (Å²) in [6, 6.07) is 10.4. The topological polar surface area (TPSA) is 67.8 Å². The van der Waals surface area contributed by atoms with E-state index in [2.05, 4.69) is 5.32 Å². The number of methoxy groups -OCH3 is 1. The Bertz CT molecular complexity index is 673. The maximum atomic E-state index is 12.8. The number of halogens is 1. The summed E-state index contributed by atoms with van der Waals surface area (Å²) in [7, 11) is 1.48. The quantitative estimate of drug-likeness (QED) is 0.859. The van der Waals surface area contributed by atoms with Crippen LogP contribution < -0.4 is 14.8 Å². The zero-order valence-electron chi connectivity index (χ0n) is 12.9. The van der Waals surface area contributed by atoms with Gasteiger partial charge in [0.2, 0.25) is 0 Å². The third-order valence-corrected chi connectivity index (χ3v) is 3.20. The highest BCUT2D eigenvalue weighted by atomic mass is 19.1. The first-order valence-electron chi connectivity index (χ1n) is 7.04. The molecule has 0 bridgehead atoms. The van der Waals surface area contributed by atoms with Gasteiger partial charge in [0, 0.05) is 5.69 Å². The molecule has 6 heteroatoms. The number of benzene rings is 2. The highest BCUT2D eigenvalue weighted by Crippen LogP contribution is 2.29. The molecule has 0 saturated heterocycles. The molecule has 0 radical (unpaired) electrons. The minimum Gasteiger partial charge on any atom is -0.493 e. The summed E-state index contributed by atoms with van der Waals surface area (Å²) in [5.41, 5.74) is 1.16. The molecule has 122 valence electrons. The first-order chi connectivity index (χ1) is 11.0. The number of anilines is 1. The van der Waals surface area contributed by atoms with Crippen LogP contribution in [0.4, 0.5) is 10.1 Å². The lowest BCUT2D eigenvalue weighted by Crippen LogP contribution is -2.30. The van der Waals surface area contributed by atoms with Crippen molar-refractivity contribution in [2.75, 3.05) is 12.4 Å². The van der Waals surface area contributed by atoms with Gasteiger partial charge in [0.05, 0.1) is 13.7 Å². The van der Waals surface area contributed by atoms with Crippen LogP contribution in [0.1, 0.15) is 12.5 Å². The number of aliphatic hydroxyl groups is 1. The zero-order valence-corrected chi connectivity index (χ0v) is 12.9. The van der Waals surface area contributed by atoms with Crippen molar-refractivity contribution >= 4 is 11.6 Å². The van der Waals surface area contributed by atoms with Crippen LogP contribution in [0, 0.1) is 5.82 Å². The van der Waals surface area contributed by atoms with Crippen LogP contribution in [0.3, 0.4) is 0 Å². The monoisotopic (exact) mass is 319 g/mol. The molecule has 2 aromatic rings. The number of carbonyl (C=O) groups excluding carboxylic acids is 1. The number of carbonyl (C=O) groups is 1. The van der Waals surface area contributed by atoms with Crippen LogP contribution in [-0.2, 0) is 11.4 Å². The van der Waals surface area contributed by atoms with Gasteiger partial charge in [-0.2, -0.15) is 0 Å². The number of hydrogen-bond donors (Lipinski definition) is 2. The number of aliphatic hydroxyl groups excluding tert-OH is 1. The fraction of sp³-hybridized carbons (Fsp3) is 0.235. The zero-order chi connectivity index (χ0) is 16.8. The predicted molar refractivity (Wildman–Crippen MR) is 84.0 cm³/mol. The minimum atomic E-state index is -0.783. The van der Waals surface area contributed by atoms with Crippen molar-refractivity contribution in [3.05, 3.63) is 53.8 Å². The van der Waals surface area contributed by atoms with Crippen molar-refractivity contribution in [3.8, 4) is 11.5 Å². The van der Waals surface area contributed by atoms with Gasteiger partial charge in [-0.15, -0.1) is 0 Å². The van der Waals surface area contributed by atoms with Gasteiger partial charge in [0.1, 0.15) is 5.82 Å². The SMILES string of the molecule is COc1cc(CO)ccc1OC(C)C(=O)Nc1ccc(F)cc1. The van der Waals surface area contributed by atoms with Gasteiger partial charge < -0.3 is 19.9 Å². The molecule has 0 fully saturated rings. The summed E-state index contributed by atoms with van der Waals surface area (Å²) in [5, 5.41) is 11.8. The van der Waals surface area contributed by atoms with Gasteiger partial charge in [0.25, 0.3) is 5.91 Å². The number of hydrogen-bond acceptors (Lipinski definition) is 4. The van der Waals surface area contributed by atoms with Crippen molar-refractivity contribution in [3.63, 3.8) is 0 Å². The van der Waals surface area contributed by atoms with Crippen LogP contribution in [0.5, 0.6) is 11.5 Å². The summed E-state index contributed by atoms with van der Waals surface area (Å²) >= 11 is 0. The molecule has 0 aliphatic rings. The maximum absolute atomic E-state index is 12.8. The molecular weight excluding hydrogens is 301 g/mol. The number of amides is 1. The van der Waals surface area contributed by atoms with Crippen LogP contribution in [-0.4, -0.2) is 24.2 Å². The summed E-state index contributed by atoms with van der Waals surface area (Å²) < 4.78 is 23.6. The Balaban J connectivity index is 2.04. The second-order valence-electron chi connectivity index (χ2n) is 4.90. The molecule has 0 heterocycles. The van der Waals surface area contributed by atoms with Crippen molar-refractivity contribution in [1.82, 2.24) is 0 Å². The Hall–Kier alpha value is -2.60. The van der Waals surface area contributed by atoms with Crippen LogP contribution in [0.15, 0.2) is 42.5 Å². The molecule has 0 aliphatic heterocycles. The molecule has 1 unspecified atom stereocenters. The standard InChI is InChI=1S/C17H18FNO4/c1-11(17(21)19-14-6-4-13(18)5-7-14)23-15-8-3-12(10-20)9-16(15)22-2/h3-9,11,20H,10H2,1-2H3,(H,19,21). The molecule has 0 aliphatic carbocycles. The van der Waals surface area contributed by atoms with E-state index in [0.717, 1.165) is 0 Å². The Morgan fingerprint density at radius 2 is 1.91 bits per heavy atom. The van der Waals surface area contributed by atoms with Crippen molar-refractivity contribution in [2.45, 2.75) is 19.6 Å². The average molecular weight is 319 g/mol. The largest absolute Gasteiger partial charge is 0.493 e. The van der Waals surface area contributed by atoms with Gasteiger partial charge in [-0.1, -0.05) is 6.07 Å². The average Bonchev–Trinajstić information content (AvgIpc) is 2.57. The third-order valence-electron chi connectivity index (χ3n) is 3.20. The van der Waals surface area contributed by atoms with E-state index in [-0.39, 0.29) is 18.3 Å². The highest BCUT2D eigenvalue weighted by molar-refractivity contribution is 5.94. The molecule has 1 atom stereocenters. The molecule has 0 saturated carbocycles. The van der Waals surface area contributed by atoms with Gasteiger partial charge in [-0.3, -0.25) is 4.79 Å². The molecule has 5 nitrogen and oxygen atoms in total. The highest BCUT2D eigenvalue weighted by Gasteiger charge is 2.17. The Morgan fingerprint density at radius 3 is 2.52 bits per heavy atom. The van der Waals surface area contributed by atoms with E-state index in [9.17, 15) is 9.18 Å². The molecule has 1 amide bonds. The smallest absolute Gasteiger partial charge is 0.265 e. The van der Waals surface area contributed by atoms with Crippen LogP contribution in [0.25, 0.3) is 0 Å². The molecule has 0 spiro atoms. The Labute approximate surface area is 133 Å². The summed E-state index contributed by atoms with van der Waals surface area (Å²) in [4.78, 5) is 12.1. The lowest BCUT2D eigenvalue weighted by atomic mass is 10.2. The molecule has 23 heavy (non-hydrogen) atoms. The predicted octanol–water partition coefficient (Wildman–Crippen LogP) is 2.73. The second kappa shape index (κ2) is 7.60. The molecule has 2 N–H and O–H groups in total. The fourth-order valence-electron chi connectivity index (χ4n) is 1.93. The van der Waals surface area contributed by atoms with E-state index < -0.39 is 6.10 Å². The third kappa shape index (κ3) is 4.43. The molecule has 2 rings (SSSR count). The summed E-state index contributed by atoms with van der Waals surface area (Å²) in [6.45, 7) is 1.48. The van der Waals surface area contributed by atoms with E-state index in [0.29, 0.717) is 22.7 Å². The lowest BCUT2D eigenvalue weighted by Gasteiger charge is -2.17. The fourth-order valence-corrected chi connectivity index (χ4v) is 1.93. The van der Waals surface area contributed by atoms with Gasteiger partial charge in [-0.05, 0) is 48.9 Å². The van der Waals surface area contributed by atoms with E-state index in [1.54, 1.807) is 25.1 Å².